The summed E-state index contributed by atoms with van der Waals surface area (Å²) in [6.45, 7) is 0. The molecule has 34 valence electrons. The monoisotopic (exact) mass is 118 g/mol. The second-order valence-corrected chi connectivity index (χ2v) is 6.58. The normalized spacial score (nSPS) is 27.0. The van der Waals surface area contributed by atoms with Crippen LogP contribution in [-0.4, -0.2) is 27.7 Å². The summed E-state index contributed by atoms with van der Waals surface area (Å²) in [5.41, 5.74) is 1.57. The minimum absolute atomic E-state index is 0.787. The summed E-state index contributed by atoms with van der Waals surface area (Å²) in [6.07, 6.45) is 0. The van der Waals surface area contributed by atoms with Crippen LogP contribution < -0.4 is 0 Å². The van der Waals surface area contributed by atoms with E-state index in [0.29, 0.717) is 0 Å². The number of rotatable bonds is 0. The highest BCUT2D eigenvalue weighted by Crippen LogP contribution is 2.13. The van der Waals surface area contributed by atoms with Gasteiger partial charge in [0.1, 0.15) is 0 Å². The second-order valence-electron chi connectivity index (χ2n) is 1.49. The zero-order valence-electron chi connectivity index (χ0n) is 3.31. The lowest BCUT2D eigenvalue weighted by Gasteiger charge is -2.19. The van der Waals surface area contributed by atoms with Crippen molar-refractivity contribution in [3.8, 4) is 0 Å². The van der Waals surface area contributed by atoms with Gasteiger partial charge in [0.2, 0.25) is 18.1 Å². The molecule has 0 aliphatic carbocycles. The molecule has 2 radical (unpaired) electrons. The average molecular weight is 118 g/mol. The van der Waals surface area contributed by atoms with Crippen molar-refractivity contribution in [2.75, 3.05) is 0 Å². The predicted octanol–water partition coefficient (Wildman–Crippen LogP) is -0.954. The molecule has 0 spiro atoms. The fourth-order valence-corrected chi connectivity index (χ4v) is 3.77. The van der Waals surface area contributed by atoms with Crippen LogP contribution in [0.2, 0.25) is 11.3 Å². The van der Waals surface area contributed by atoms with Crippen LogP contribution in [0, 0.1) is 0 Å². The predicted molar refractivity (Wildman–Crippen MR) is 25.6 cm³/mol. The Bertz CT molecular complexity index is 45.5. The van der Waals surface area contributed by atoms with Crippen molar-refractivity contribution < 1.29 is 9.59 Å². The van der Waals surface area contributed by atoms with Crippen LogP contribution in [0.1, 0.15) is 0 Å². The van der Waals surface area contributed by atoms with E-state index in [1.54, 1.807) is 0 Å². The largest absolute Gasteiger partial charge is 0.432 e. The van der Waals surface area contributed by atoms with Gasteiger partial charge >= 0.3 is 0 Å². The molecule has 1 saturated heterocycles. The molecule has 1 aliphatic rings. The highest BCUT2D eigenvalue weighted by atomic mass is 28.4. The third-order valence-electron chi connectivity index (χ3n) is 0.816. The minimum Gasteiger partial charge on any atom is -0.432 e. The van der Waals surface area contributed by atoms with Gasteiger partial charge in [0.25, 0.3) is 0 Å². The first-order valence-corrected chi connectivity index (χ1v) is 5.58. The molecule has 0 aromatic rings. The molecule has 0 aromatic carbocycles. The summed E-state index contributed by atoms with van der Waals surface area (Å²) < 4.78 is 0. The molecule has 1 fully saturated rings. The maximum atomic E-state index is 8.59. The summed E-state index contributed by atoms with van der Waals surface area (Å²) in [4.78, 5) is 17.2. The Labute approximate surface area is 39.9 Å². The molecule has 0 amide bonds. The van der Waals surface area contributed by atoms with Crippen LogP contribution in [0.15, 0.2) is 0 Å². The van der Waals surface area contributed by atoms with Crippen LogP contribution in [0.25, 0.3) is 0 Å². The second kappa shape index (κ2) is 1.45. The quantitative estimate of drug-likeness (QED) is 0.402. The van der Waals surface area contributed by atoms with Crippen LogP contribution in [0.5, 0.6) is 0 Å². The van der Waals surface area contributed by atoms with Crippen molar-refractivity contribution in [1.29, 1.82) is 0 Å². The highest BCUT2D eigenvalue weighted by molar-refractivity contribution is 6.88. The lowest BCUT2D eigenvalue weighted by molar-refractivity contribution is 0.529. The smallest absolute Gasteiger partial charge is 0.205 e. The van der Waals surface area contributed by atoms with Gasteiger partial charge in [0.15, 0.2) is 0 Å². The summed E-state index contributed by atoms with van der Waals surface area (Å²) >= 11 is 0. The molecule has 0 atom stereocenters. The van der Waals surface area contributed by atoms with Crippen molar-refractivity contribution in [2.45, 2.75) is 11.3 Å². The molecule has 0 saturated carbocycles. The van der Waals surface area contributed by atoms with Gasteiger partial charge in [-0.25, -0.2) is 0 Å². The Morgan fingerprint density at radius 2 is 1.33 bits per heavy atom. The van der Waals surface area contributed by atoms with Crippen molar-refractivity contribution in [1.82, 2.24) is 0 Å². The first kappa shape index (κ1) is 4.51. The molecule has 2 nitrogen and oxygen atoms in total. The van der Waals surface area contributed by atoms with Crippen LogP contribution in [0.3, 0.4) is 0 Å². The van der Waals surface area contributed by atoms with Crippen LogP contribution in [0.4, 0.5) is 0 Å². The van der Waals surface area contributed by atoms with Gasteiger partial charge in [-0.3, -0.25) is 0 Å². The van der Waals surface area contributed by atoms with Crippen LogP contribution >= 0.6 is 0 Å². The Morgan fingerprint density at radius 3 is 1.33 bits per heavy atom. The third-order valence-corrected chi connectivity index (χ3v) is 7.35. The molecule has 1 heterocycles. The lowest BCUT2D eigenvalue weighted by atomic mass is 11.8. The Balaban J connectivity index is 2.11. The van der Waals surface area contributed by atoms with E-state index in [0.717, 1.165) is 11.3 Å². The maximum absolute atomic E-state index is 8.59. The fourth-order valence-electron chi connectivity index (χ4n) is 0.419. The Hall–Kier alpha value is 0.354. The molecule has 6 heavy (non-hydrogen) atoms. The molecule has 0 aromatic heterocycles. The van der Waals surface area contributed by atoms with Gasteiger partial charge in [-0.15, -0.1) is 0 Å². The van der Waals surface area contributed by atoms with Gasteiger partial charge < -0.3 is 9.59 Å². The van der Waals surface area contributed by atoms with Gasteiger partial charge in [-0.2, -0.15) is 0 Å². The van der Waals surface area contributed by atoms with E-state index in [-0.39, 0.29) is 0 Å². The first-order valence-electron chi connectivity index (χ1n) is 1.86. The summed E-state index contributed by atoms with van der Waals surface area (Å²) in [5, 5.41) is 0. The summed E-state index contributed by atoms with van der Waals surface area (Å²) in [7, 11) is -1.89. The average Bonchev–Trinajstić information content (AvgIpc) is 1.33. The van der Waals surface area contributed by atoms with Gasteiger partial charge in [0.05, 0.1) is 0 Å². The fraction of sp³-hybridized carbons (Fsp3) is 1.00. The zero-order chi connectivity index (χ0) is 4.57. The van der Waals surface area contributed by atoms with E-state index in [1.807, 2.05) is 0 Å². The number of hydrogen-bond acceptors (Lipinski definition) is 2. The van der Waals surface area contributed by atoms with Crippen molar-refractivity contribution in [3.63, 3.8) is 0 Å². The van der Waals surface area contributed by atoms with Crippen molar-refractivity contribution in [3.05, 3.63) is 0 Å². The third kappa shape index (κ3) is 0.702. The topological polar surface area (TPSA) is 40.5 Å². The highest BCUT2D eigenvalue weighted by Gasteiger charge is 2.30. The Kier molecular flexibility index (Phi) is 1.09. The molecule has 2 N–H and O–H groups in total. The van der Waals surface area contributed by atoms with Crippen molar-refractivity contribution >= 4 is 18.1 Å². The minimum atomic E-state index is -0.947. The molecule has 4 heteroatoms. The standard InChI is InChI=1S/C2H6O2Si2/c3-5-1-6(4)2-5/h3-4H,1-2H2. The maximum Gasteiger partial charge on any atom is 0.205 e. The lowest BCUT2D eigenvalue weighted by Crippen LogP contribution is -2.39. The molecule has 1 aliphatic heterocycles. The summed E-state index contributed by atoms with van der Waals surface area (Å²) in [6, 6.07) is 0. The molecule has 0 unspecified atom stereocenters. The van der Waals surface area contributed by atoms with Crippen LogP contribution in [-0.2, 0) is 0 Å². The molecular weight excluding hydrogens is 112 g/mol. The van der Waals surface area contributed by atoms with E-state index < -0.39 is 18.1 Å². The Morgan fingerprint density at radius 1 is 1.00 bits per heavy atom. The number of hydrogen-bond donors (Lipinski definition) is 2. The SMILES string of the molecule is O[Si]1C[Si](O)C1. The molecular formula is C2H6O2Si2. The van der Waals surface area contributed by atoms with E-state index >= 15 is 0 Å². The van der Waals surface area contributed by atoms with Gasteiger partial charge in [-0.1, -0.05) is 0 Å². The summed E-state index contributed by atoms with van der Waals surface area (Å²) in [5.74, 6) is 0. The van der Waals surface area contributed by atoms with Gasteiger partial charge in [0, 0.05) is 0 Å². The van der Waals surface area contributed by atoms with E-state index in [2.05, 4.69) is 0 Å². The van der Waals surface area contributed by atoms with E-state index in [4.69, 9.17) is 9.59 Å². The van der Waals surface area contributed by atoms with E-state index in [9.17, 15) is 0 Å². The van der Waals surface area contributed by atoms with Gasteiger partial charge in [-0.05, 0) is 11.3 Å². The van der Waals surface area contributed by atoms with E-state index in [1.165, 1.54) is 0 Å². The zero-order valence-corrected chi connectivity index (χ0v) is 5.31. The van der Waals surface area contributed by atoms with Crippen molar-refractivity contribution in [2.24, 2.45) is 0 Å². The first-order chi connectivity index (χ1) is 2.79. The molecule has 1 rings (SSSR count). The molecule has 0 bridgehead atoms.